The molecule has 0 radical (unpaired) electrons. The molecule has 14 heteroatoms. The van der Waals surface area contributed by atoms with Crippen molar-refractivity contribution in [3.05, 3.63) is 48.0 Å². The highest BCUT2D eigenvalue weighted by Crippen LogP contribution is 2.35. The van der Waals surface area contributed by atoms with Crippen LogP contribution in [0, 0.1) is 11.7 Å². The summed E-state index contributed by atoms with van der Waals surface area (Å²) in [5, 5.41) is 10.4. The molecule has 37 heavy (non-hydrogen) atoms. The summed E-state index contributed by atoms with van der Waals surface area (Å²) in [4.78, 5) is 21.6. The molecular formula is C23H20F6N6O2. The minimum Gasteiger partial charge on any atom is -0.435 e. The third-order valence-electron chi connectivity index (χ3n) is 5.74. The number of benzene rings is 1. The summed E-state index contributed by atoms with van der Waals surface area (Å²) in [6.45, 7) is -1.62. The number of rotatable bonds is 7. The third kappa shape index (κ3) is 6.24. The highest BCUT2D eigenvalue weighted by atomic mass is 19.4. The molecule has 0 atom stereocenters. The quantitative estimate of drug-likeness (QED) is 0.323. The van der Waals surface area contributed by atoms with Crippen LogP contribution in [-0.2, 0) is 0 Å². The van der Waals surface area contributed by atoms with Gasteiger partial charge in [-0.2, -0.15) is 26.9 Å². The van der Waals surface area contributed by atoms with E-state index in [0.717, 1.165) is 6.20 Å². The predicted molar refractivity (Wildman–Crippen MR) is 120 cm³/mol. The van der Waals surface area contributed by atoms with Gasteiger partial charge in [0.1, 0.15) is 11.4 Å². The molecule has 3 heterocycles. The van der Waals surface area contributed by atoms with E-state index in [1.807, 2.05) is 0 Å². The van der Waals surface area contributed by atoms with Crippen LogP contribution in [0.4, 0.5) is 43.9 Å². The van der Waals surface area contributed by atoms with Crippen LogP contribution < -0.4 is 15.0 Å². The van der Waals surface area contributed by atoms with Crippen LogP contribution in [0.5, 0.6) is 5.75 Å². The number of aromatic nitrogens is 4. The molecule has 0 spiro atoms. The Hall–Kier alpha value is -3.97. The fraction of sp³-hybridized carbons (Fsp3) is 0.348. The van der Waals surface area contributed by atoms with E-state index in [1.54, 1.807) is 0 Å². The Bertz CT molecular complexity index is 1260. The number of anilines is 3. The summed E-state index contributed by atoms with van der Waals surface area (Å²) in [6.07, 6.45) is -3.65. The number of carbonyl (C=O) groups is 1. The summed E-state index contributed by atoms with van der Waals surface area (Å²) in [6, 6.07) is 6.87. The first-order chi connectivity index (χ1) is 17.5. The minimum atomic E-state index is -4.28. The Labute approximate surface area is 206 Å². The van der Waals surface area contributed by atoms with Crippen molar-refractivity contribution in [2.75, 3.05) is 23.3 Å². The van der Waals surface area contributed by atoms with Crippen molar-refractivity contribution < 1.29 is 35.9 Å². The highest BCUT2D eigenvalue weighted by molar-refractivity contribution is 5.99. The second-order valence-corrected chi connectivity index (χ2v) is 8.25. The zero-order valence-electron chi connectivity index (χ0n) is 19.3. The topological polar surface area (TPSA) is 93.1 Å². The number of nitrogens with one attached hydrogen (secondary N) is 1. The first-order valence-electron chi connectivity index (χ1n) is 11.1. The summed E-state index contributed by atoms with van der Waals surface area (Å²) in [7, 11) is 0. The summed E-state index contributed by atoms with van der Waals surface area (Å²) in [5.74, 6) is -3.00. The Kier molecular flexibility index (Phi) is 7.45. The number of hydrogen-bond acceptors (Lipinski definition) is 8. The third-order valence-corrected chi connectivity index (χ3v) is 5.74. The van der Waals surface area contributed by atoms with Gasteiger partial charge in [0, 0.05) is 25.6 Å². The molecule has 1 aliphatic heterocycles. The van der Waals surface area contributed by atoms with E-state index in [9.17, 15) is 31.1 Å². The zero-order chi connectivity index (χ0) is 26.7. The van der Waals surface area contributed by atoms with Crippen molar-refractivity contribution in [2.24, 2.45) is 5.92 Å². The number of Topliss-reactive ketones (excluding diaryl/α,β-unsaturated/α-hetero) is 1. The molecule has 0 amide bonds. The molecule has 1 aromatic carbocycles. The number of piperidine rings is 1. The number of nitrogens with zero attached hydrogens (tertiary/aromatic N) is 5. The normalized spacial score (nSPS) is 14.6. The molecule has 1 saturated heterocycles. The molecule has 2 aromatic heterocycles. The van der Waals surface area contributed by atoms with Gasteiger partial charge in [0.05, 0.1) is 12.1 Å². The fourth-order valence-corrected chi connectivity index (χ4v) is 3.87. The lowest BCUT2D eigenvalue weighted by atomic mass is 9.96. The Balaban J connectivity index is 1.57. The number of halogens is 6. The SMILES string of the molecule is CC(=O)c1nnc(Nc2nc(N3CCC(C(F)(F)F)CC3)ncc2F)cc1-c1ccc(OC(F)F)cc1. The summed E-state index contributed by atoms with van der Waals surface area (Å²) in [5.41, 5.74) is 0.711. The molecule has 196 valence electrons. The van der Waals surface area contributed by atoms with Crippen molar-refractivity contribution in [3.8, 4) is 16.9 Å². The van der Waals surface area contributed by atoms with Gasteiger partial charge in [0.15, 0.2) is 23.2 Å². The lowest BCUT2D eigenvalue weighted by Gasteiger charge is -2.32. The van der Waals surface area contributed by atoms with Crippen molar-refractivity contribution in [3.63, 3.8) is 0 Å². The second kappa shape index (κ2) is 10.6. The van der Waals surface area contributed by atoms with E-state index in [2.05, 4.69) is 30.2 Å². The number of ether oxygens (including phenoxy) is 1. The van der Waals surface area contributed by atoms with Gasteiger partial charge >= 0.3 is 12.8 Å². The monoisotopic (exact) mass is 526 g/mol. The van der Waals surface area contributed by atoms with Gasteiger partial charge in [0.2, 0.25) is 5.95 Å². The van der Waals surface area contributed by atoms with E-state index in [4.69, 9.17) is 0 Å². The Morgan fingerprint density at radius 1 is 1.14 bits per heavy atom. The molecule has 1 fully saturated rings. The van der Waals surface area contributed by atoms with Crippen LogP contribution in [-0.4, -0.2) is 51.8 Å². The second-order valence-electron chi connectivity index (χ2n) is 8.25. The minimum absolute atomic E-state index is 0.00670. The molecule has 0 unspecified atom stereocenters. The maximum absolute atomic E-state index is 14.5. The standard InChI is InChI=1S/C23H20F6N6O2/c1-12(36)19-16(13-2-4-15(5-3-13)37-21(25)26)10-18(33-34-19)31-20-17(24)11-30-22(32-20)35-8-6-14(7-9-35)23(27,28)29/h2-5,10-11,14,21H,6-9H2,1H3,(H,30,31,32,33). The van der Waals surface area contributed by atoms with E-state index in [-0.39, 0.29) is 60.5 Å². The average molecular weight is 526 g/mol. The van der Waals surface area contributed by atoms with Crippen LogP contribution in [0.1, 0.15) is 30.3 Å². The van der Waals surface area contributed by atoms with E-state index in [0.29, 0.717) is 5.56 Å². The van der Waals surface area contributed by atoms with Crippen molar-refractivity contribution in [2.45, 2.75) is 32.6 Å². The van der Waals surface area contributed by atoms with Gasteiger partial charge in [-0.3, -0.25) is 4.79 Å². The maximum atomic E-state index is 14.5. The molecular weight excluding hydrogens is 506 g/mol. The van der Waals surface area contributed by atoms with Gasteiger partial charge in [-0.25, -0.2) is 9.37 Å². The van der Waals surface area contributed by atoms with Gasteiger partial charge in [-0.1, -0.05) is 12.1 Å². The smallest absolute Gasteiger partial charge is 0.391 e. The largest absolute Gasteiger partial charge is 0.435 e. The first-order valence-corrected chi connectivity index (χ1v) is 11.1. The first kappa shape index (κ1) is 26.1. The lowest BCUT2D eigenvalue weighted by molar-refractivity contribution is -0.179. The van der Waals surface area contributed by atoms with Crippen molar-refractivity contribution >= 4 is 23.4 Å². The molecule has 8 nitrogen and oxygen atoms in total. The van der Waals surface area contributed by atoms with Gasteiger partial charge in [-0.15, -0.1) is 10.2 Å². The average Bonchev–Trinajstić information content (AvgIpc) is 2.85. The number of carbonyl (C=O) groups excluding carboxylic acids is 1. The van der Waals surface area contributed by atoms with Crippen LogP contribution in [0.3, 0.4) is 0 Å². The number of hydrogen-bond donors (Lipinski definition) is 1. The zero-order valence-corrected chi connectivity index (χ0v) is 19.3. The molecule has 0 aliphatic carbocycles. The van der Waals surface area contributed by atoms with Crippen LogP contribution in [0.15, 0.2) is 36.5 Å². The molecule has 0 bridgehead atoms. The molecule has 1 aliphatic rings. The van der Waals surface area contributed by atoms with Crippen LogP contribution >= 0.6 is 0 Å². The molecule has 1 N–H and O–H groups in total. The lowest BCUT2D eigenvalue weighted by Crippen LogP contribution is -2.39. The number of alkyl halides is 5. The predicted octanol–water partition coefficient (Wildman–Crippen LogP) is 5.40. The highest BCUT2D eigenvalue weighted by Gasteiger charge is 2.41. The molecule has 3 aromatic rings. The van der Waals surface area contributed by atoms with E-state index < -0.39 is 30.3 Å². The van der Waals surface area contributed by atoms with Gasteiger partial charge < -0.3 is 15.0 Å². The summed E-state index contributed by atoms with van der Waals surface area (Å²) < 4.78 is 82.5. The van der Waals surface area contributed by atoms with Gasteiger partial charge in [-0.05, 0) is 36.6 Å². The Morgan fingerprint density at radius 2 is 1.81 bits per heavy atom. The number of ketones is 1. The summed E-state index contributed by atoms with van der Waals surface area (Å²) >= 11 is 0. The van der Waals surface area contributed by atoms with Gasteiger partial charge in [0.25, 0.3) is 0 Å². The van der Waals surface area contributed by atoms with Crippen LogP contribution in [0.2, 0.25) is 0 Å². The Morgan fingerprint density at radius 3 is 2.41 bits per heavy atom. The molecule has 4 rings (SSSR count). The molecule has 0 saturated carbocycles. The van der Waals surface area contributed by atoms with Crippen molar-refractivity contribution in [1.82, 2.24) is 20.2 Å². The maximum Gasteiger partial charge on any atom is 0.391 e. The van der Waals surface area contributed by atoms with Crippen LogP contribution in [0.25, 0.3) is 11.1 Å². The van der Waals surface area contributed by atoms with E-state index >= 15 is 0 Å². The van der Waals surface area contributed by atoms with Crippen molar-refractivity contribution in [1.29, 1.82) is 0 Å². The van der Waals surface area contributed by atoms with E-state index in [1.165, 1.54) is 42.2 Å². The fourth-order valence-electron chi connectivity index (χ4n) is 3.87.